The van der Waals surface area contributed by atoms with E-state index in [1.807, 2.05) is 6.08 Å². The molecule has 0 aromatic rings. The molecule has 3 fully saturated rings. The molecule has 4 unspecified atom stereocenters. The van der Waals surface area contributed by atoms with Gasteiger partial charge in [0.05, 0.1) is 32.2 Å². The first-order valence-electron chi connectivity index (χ1n) is 9.19. The highest BCUT2D eigenvalue weighted by Crippen LogP contribution is 2.79. The molecule has 2 nitrogen and oxygen atoms in total. The summed E-state index contributed by atoms with van der Waals surface area (Å²) in [7, 11) is -1.24. The van der Waals surface area contributed by atoms with E-state index in [0.29, 0.717) is 29.1 Å². The molecular weight excluding hydrogens is 303 g/mol. The fourth-order valence-electron chi connectivity index (χ4n) is 6.43. The van der Waals surface area contributed by atoms with Gasteiger partial charge in [0.25, 0.3) is 0 Å². The first-order chi connectivity index (χ1) is 10.9. The van der Waals surface area contributed by atoms with E-state index in [1.165, 1.54) is 29.9 Å². The van der Waals surface area contributed by atoms with Crippen LogP contribution in [0.3, 0.4) is 0 Å². The van der Waals surface area contributed by atoms with Crippen LogP contribution in [-0.2, 0) is 9.59 Å². The number of hydrogen-bond acceptors (Lipinski definition) is 2. The Balaban J connectivity index is 1.72. The van der Waals surface area contributed by atoms with Crippen LogP contribution in [0.4, 0.5) is 0 Å². The zero-order chi connectivity index (χ0) is 16.4. The zero-order valence-electron chi connectivity index (χ0n) is 14.6. The molecule has 5 atom stereocenters. The molecule has 2 aliphatic carbocycles. The Morgan fingerprint density at radius 1 is 1.26 bits per heavy atom. The molecule has 23 heavy (non-hydrogen) atoms. The second kappa shape index (κ2) is 5.12. The lowest BCUT2D eigenvalue weighted by Gasteiger charge is -2.54. The molecule has 0 bridgehead atoms. The lowest BCUT2D eigenvalue weighted by Crippen LogP contribution is -2.48. The summed E-state index contributed by atoms with van der Waals surface area (Å²) in [6.07, 6.45) is 11.5. The molecule has 0 spiro atoms. The van der Waals surface area contributed by atoms with Gasteiger partial charge in [0.15, 0.2) is 5.78 Å². The third-order valence-corrected chi connectivity index (χ3v) is 12.5. The lowest BCUT2D eigenvalue weighted by molar-refractivity contribution is -0.116. The first-order valence-corrected chi connectivity index (χ1v) is 11.7. The summed E-state index contributed by atoms with van der Waals surface area (Å²) in [6.45, 7) is 6.92. The third-order valence-electron chi connectivity index (χ3n) is 7.68. The van der Waals surface area contributed by atoms with Crippen LogP contribution < -0.4 is 0 Å². The Labute approximate surface area is 140 Å². The molecule has 124 valence electrons. The third kappa shape index (κ3) is 2.03. The number of fused-ring (bicyclic) bond motifs is 5. The fraction of sp³-hybridized carbons (Fsp3) is 0.700. The number of allylic oxidation sites excluding steroid dienone is 4. The van der Waals surface area contributed by atoms with E-state index in [-0.39, 0.29) is 5.41 Å². The summed E-state index contributed by atoms with van der Waals surface area (Å²) in [4.78, 5) is 24.4. The van der Waals surface area contributed by atoms with E-state index in [0.717, 1.165) is 25.7 Å². The van der Waals surface area contributed by atoms with Gasteiger partial charge in [0.1, 0.15) is 5.31 Å². The maximum absolute atomic E-state index is 12.6. The fourth-order valence-corrected chi connectivity index (χ4v) is 11.2. The van der Waals surface area contributed by atoms with Crippen LogP contribution >= 0.6 is 7.26 Å². The molecule has 0 radical (unpaired) electrons. The Morgan fingerprint density at radius 2 is 2.04 bits per heavy atom. The first kappa shape index (κ1) is 15.8. The molecule has 0 aromatic heterocycles. The van der Waals surface area contributed by atoms with Crippen LogP contribution in [0, 0.1) is 17.3 Å². The number of ketones is 2. The molecule has 0 aromatic carbocycles. The minimum atomic E-state index is -1.24. The van der Waals surface area contributed by atoms with Crippen LogP contribution in [0.1, 0.15) is 52.4 Å². The van der Waals surface area contributed by atoms with E-state index < -0.39 is 7.26 Å². The van der Waals surface area contributed by atoms with Crippen molar-refractivity contribution in [3.8, 4) is 0 Å². The Kier molecular flexibility index (Phi) is 3.51. The van der Waals surface area contributed by atoms with Crippen LogP contribution in [0.5, 0.6) is 0 Å². The van der Waals surface area contributed by atoms with Crippen molar-refractivity contribution < 1.29 is 9.59 Å². The molecule has 2 heterocycles. The lowest BCUT2D eigenvalue weighted by atomic mass is 9.55. The highest BCUT2D eigenvalue weighted by molar-refractivity contribution is 7.81. The van der Waals surface area contributed by atoms with Gasteiger partial charge in [0.2, 0.25) is 5.78 Å². The van der Waals surface area contributed by atoms with Gasteiger partial charge in [-0.05, 0) is 56.1 Å². The van der Waals surface area contributed by atoms with Crippen molar-refractivity contribution in [2.45, 2.75) is 58.0 Å². The van der Waals surface area contributed by atoms with Crippen molar-refractivity contribution >= 4 is 18.8 Å². The summed E-state index contributed by atoms with van der Waals surface area (Å²) in [6, 6.07) is 0. The normalized spacial score (nSPS) is 47.9. The maximum Gasteiger partial charge on any atom is 0.201 e. The standard InChI is InChI=1S/C20H28O2P/c1-4-18-17(22)12-19-15-6-5-13-11-14(21)7-9-20(13,2)16(15)8-10-23(18,19)3/h4,11,15-16,19H,5-10,12H2,1-3H3/q+1/b18-4+/t15-,16?,19?,20?,23?/m1/s1. The van der Waals surface area contributed by atoms with Crippen molar-refractivity contribution in [2.75, 3.05) is 12.8 Å². The molecule has 4 rings (SSSR count). The van der Waals surface area contributed by atoms with Crippen molar-refractivity contribution in [1.82, 2.24) is 0 Å². The van der Waals surface area contributed by atoms with Gasteiger partial charge in [-0.1, -0.05) is 12.5 Å². The molecule has 0 N–H and O–H groups in total. The maximum atomic E-state index is 12.6. The summed E-state index contributed by atoms with van der Waals surface area (Å²) in [5, 5.41) is 1.21. The number of hydrogen-bond donors (Lipinski definition) is 0. The predicted octanol–water partition coefficient (Wildman–Crippen LogP) is 4.60. The number of Topliss-reactive ketones (excluding diaryl/α,β-unsaturated/α-hetero) is 1. The summed E-state index contributed by atoms with van der Waals surface area (Å²) < 4.78 is 0. The van der Waals surface area contributed by atoms with Gasteiger partial charge in [0, 0.05) is 12.3 Å². The van der Waals surface area contributed by atoms with E-state index in [4.69, 9.17) is 0 Å². The average Bonchev–Trinajstić information content (AvgIpc) is 2.77. The van der Waals surface area contributed by atoms with Gasteiger partial charge >= 0.3 is 0 Å². The van der Waals surface area contributed by atoms with Gasteiger partial charge in [-0.2, -0.15) is 0 Å². The Hall–Kier alpha value is -0.750. The Bertz CT molecular complexity index is 646. The van der Waals surface area contributed by atoms with Gasteiger partial charge in [-0.3, -0.25) is 9.59 Å². The van der Waals surface area contributed by atoms with Crippen molar-refractivity contribution in [3.63, 3.8) is 0 Å². The zero-order valence-corrected chi connectivity index (χ0v) is 15.5. The highest BCUT2D eigenvalue weighted by atomic mass is 31.2. The molecule has 1 saturated carbocycles. The quantitative estimate of drug-likeness (QED) is 0.480. The topological polar surface area (TPSA) is 34.1 Å². The number of carbonyl (C=O) groups excluding carboxylic acids is 2. The molecular formula is C20H28O2P+. The van der Waals surface area contributed by atoms with Crippen LogP contribution in [-0.4, -0.2) is 30.1 Å². The van der Waals surface area contributed by atoms with Crippen molar-refractivity contribution in [3.05, 3.63) is 23.0 Å². The summed E-state index contributed by atoms with van der Waals surface area (Å²) in [5.41, 5.74) is 2.28. The van der Waals surface area contributed by atoms with E-state index >= 15 is 0 Å². The van der Waals surface area contributed by atoms with Crippen LogP contribution in [0.25, 0.3) is 0 Å². The van der Waals surface area contributed by atoms with Crippen LogP contribution in [0.2, 0.25) is 0 Å². The monoisotopic (exact) mass is 331 g/mol. The van der Waals surface area contributed by atoms with Gasteiger partial charge in [-0.15, -0.1) is 0 Å². The molecule has 2 saturated heterocycles. The van der Waals surface area contributed by atoms with E-state index in [1.54, 1.807) is 0 Å². The van der Waals surface area contributed by atoms with E-state index in [2.05, 4.69) is 26.6 Å². The average molecular weight is 331 g/mol. The van der Waals surface area contributed by atoms with Gasteiger partial charge in [-0.25, -0.2) is 0 Å². The summed E-state index contributed by atoms with van der Waals surface area (Å²) >= 11 is 0. The molecule has 0 amide bonds. The molecule has 3 heteroatoms. The van der Waals surface area contributed by atoms with Crippen molar-refractivity contribution in [2.24, 2.45) is 17.3 Å². The minimum absolute atomic E-state index is 0.226. The van der Waals surface area contributed by atoms with Gasteiger partial charge < -0.3 is 0 Å². The molecule has 2 aliphatic heterocycles. The second-order valence-corrected chi connectivity index (χ2v) is 12.6. The molecule has 4 aliphatic rings. The SMILES string of the molecule is C/C=C1\C(=O)CC2[C@@H]3CCC4=CC(=O)CCC4(C)C3CC[P+]12C. The van der Waals surface area contributed by atoms with E-state index in [9.17, 15) is 9.59 Å². The largest absolute Gasteiger partial charge is 0.295 e. The predicted molar refractivity (Wildman–Crippen MR) is 96.1 cm³/mol. The highest BCUT2D eigenvalue weighted by Gasteiger charge is 2.64. The van der Waals surface area contributed by atoms with Crippen molar-refractivity contribution in [1.29, 1.82) is 0 Å². The van der Waals surface area contributed by atoms with Crippen LogP contribution in [0.15, 0.2) is 23.0 Å². The minimum Gasteiger partial charge on any atom is -0.295 e. The Morgan fingerprint density at radius 3 is 2.78 bits per heavy atom. The smallest absolute Gasteiger partial charge is 0.201 e. The summed E-state index contributed by atoms with van der Waals surface area (Å²) in [5.74, 6) is 2.17. The second-order valence-electron chi connectivity index (χ2n) is 8.51. The number of carbonyl (C=O) groups is 2. The number of rotatable bonds is 0.